The highest BCUT2D eigenvalue weighted by atomic mass is 16.1. The average molecular weight is 247 g/mol. The zero-order chi connectivity index (χ0) is 13.0. The fraction of sp³-hybridized carbons (Fsp3) is 0.571. The molecular formula is C14H21N3O. The Kier molecular flexibility index (Phi) is 4.18. The van der Waals surface area contributed by atoms with Gasteiger partial charge in [-0.15, -0.1) is 0 Å². The first-order valence-electron chi connectivity index (χ1n) is 6.63. The van der Waals surface area contributed by atoms with E-state index < -0.39 is 0 Å². The highest BCUT2D eigenvalue weighted by Crippen LogP contribution is 2.26. The molecule has 1 aromatic rings. The lowest BCUT2D eigenvalue weighted by atomic mass is 9.87. The molecule has 0 atom stereocenters. The standard InChI is InChI=1S/C14H21N3O/c1-10-3-5-11(6-4-10)17-12-7-8-16-13(9-12)14(18)15-2/h7-11H,3-6H2,1-2H3,(H,15,18)(H,16,17). The molecular weight excluding hydrogens is 226 g/mol. The minimum atomic E-state index is -0.143. The molecule has 1 amide bonds. The molecule has 18 heavy (non-hydrogen) atoms. The van der Waals surface area contributed by atoms with E-state index in [0.717, 1.165) is 11.6 Å². The SMILES string of the molecule is CNC(=O)c1cc(NC2CCC(C)CC2)ccn1. The Hall–Kier alpha value is -1.58. The van der Waals surface area contributed by atoms with Crippen LogP contribution < -0.4 is 10.6 Å². The van der Waals surface area contributed by atoms with Crippen LogP contribution in [0.2, 0.25) is 0 Å². The summed E-state index contributed by atoms with van der Waals surface area (Å²) in [6.45, 7) is 2.31. The molecule has 0 bridgehead atoms. The van der Waals surface area contributed by atoms with Crippen LogP contribution in [0.1, 0.15) is 43.1 Å². The van der Waals surface area contributed by atoms with Crippen LogP contribution in [-0.2, 0) is 0 Å². The van der Waals surface area contributed by atoms with E-state index >= 15 is 0 Å². The molecule has 2 rings (SSSR count). The predicted molar refractivity (Wildman–Crippen MR) is 72.7 cm³/mol. The van der Waals surface area contributed by atoms with Gasteiger partial charge in [0.15, 0.2) is 0 Å². The fourth-order valence-electron chi connectivity index (χ4n) is 2.41. The number of anilines is 1. The molecule has 0 unspecified atom stereocenters. The summed E-state index contributed by atoms with van der Waals surface area (Å²) in [7, 11) is 1.62. The van der Waals surface area contributed by atoms with Crippen LogP contribution in [0.5, 0.6) is 0 Å². The maximum Gasteiger partial charge on any atom is 0.269 e. The second kappa shape index (κ2) is 5.85. The average Bonchev–Trinajstić information content (AvgIpc) is 2.41. The van der Waals surface area contributed by atoms with Crippen LogP contribution in [0.15, 0.2) is 18.3 Å². The molecule has 0 radical (unpaired) electrons. The normalized spacial score (nSPS) is 23.4. The topological polar surface area (TPSA) is 54.0 Å². The maximum absolute atomic E-state index is 11.5. The third kappa shape index (κ3) is 3.22. The number of nitrogens with one attached hydrogen (secondary N) is 2. The highest BCUT2D eigenvalue weighted by Gasteiger charge is 2.18. The van der Waals surface area contributed by atoms with Crippen molar-refractivity contribution in [2.24, 2.45) is 5.92 Å². The van der Waals surface area contributed by atoms with Gasteiger partial charge in [-0.2, -0.15) is 0 Å². The molecule has 0 aliphatic heterocycles. The van der Waals surface area contributed by atoms with Crippen molar-refractivity contribution in [3.05, 3.63) is 24.0 Å². The van der Waals surface area contributed by atoms with Crippen LogP contribution in [0.25, 0.3) is 0 Å². The van der Waals surface area contributed by atoms with Crippen LogP contribution in [-0.4, -0.2) is 24.0 Å². The van der Waals surface area contributed by atoms with Gasteiger partial charge in [0.05, 0.1) is 0 Å². The van der Waals surface area contributed by atoms with Gasteiger partial charge in [-0.25, -0.2) is 0 Å². The summed E-state index contributed by atoms with van der Waals surface area (Å²) < 4.78 is 0. The Morgan fingerprint density at radius 3 is 2.72 bits per heavy atom. The first-order valence-corrected chi connectivity index (χ1v) is 6.63. The van der Waals surface area contributed by atoms with Gasteiger partial charge in [0.25, 0.3) is 5.91 Å². The molecule has 1 heterocycles. The largest absolute Gasteiger partial charge is 0.382 e. The lowest BCUT2D eigenvalue weighted by Gasteiger charge is -2.27. The van der Waals surface area contributed by atoms with Crippen molar-refractivity contribution in [3.63, 3.8) is 0 Å². The fourth-order valence-corrected chi connectivity index (χ4v) is 2.41. The van der Waals surface area contributed by atoms with Gasteiger partial charge in [0.1, 0.15) is 5.69 Å². The van der Waals surface area contributed by atoms with Gasteiger partial charge >= 0.3 is 0 Å². The lowest BCUT2D eigenvalue weighted by Crippen LogP contribution is -2.25. The first-order chi connectivity index (χ1) is 8.69. The lowest BCUT2D eigenvalue weighted by molar-refractivity contribution is 0.0958. The molecule has 0 spiro atoms. The molecule has 1 fully saturated rings. The summed E-state index contributed by atoms with van der Waals surface area (Å²) in [4.78, 5) is 15.6. The third-order valence-electron chi connectivity index (χ3n) is 3.61. The molecule has 1 saturated carbocycles. The van der Waals surface area contributed by atoms with Crippen molar-refractivity contribution in [2.45, 2.75) is 38.6 Å². The highest BCUT2D eigenvalue weighted by molar-refractivity contribution is 5.92. The van der Waals surface area contributed by atoms with Crippen molar-refractivity contribution in [2.75, 3.05) is 12.4 Å². The molecule has 1 aromatic heterocycles. The number of hydrogen-bond acceptors (Lipinski definition) is 3. The van der Waals surface area contributed by atoms with Gasteiger partial charge in [0, 0.05) is 25.0 Å². The second-order valence-electron chi connectivity index (χ2n) is 5.11. The van der Waals surface area contributed by atoms with Crippen LogP contribution in [0.3, 0.4) is 0 Å². The summed E-state index contributed by atoms with van der Waals surface area (Å²) in [5, 5.41) is 6.09. The summed E-state index contributed by atoms with van der Waals surface area (Å²) in [6.07, 6.45) is 6.66. The molecule has 4 nitrogen and oxygen atoms in total. The number of hydrogen-bond donors (Lipinski definition) is 2. The monoisotopic (exact) mass is 247 g/mol. The van der Waals surface area contributed by atoms with E-state index in [1.165, 1.54) is 25.7 Å². The van der Waals surface area contributed by atoms with E-state index in [4.69, 9.17) is 0 Å². The quantitative estimate of drug-likeness (QED) is 0.862. The van der Waals surface area contributed by atoms with Gasteiger partial charge in [-0.3, -0.25) is 9.78 Å². The Morgan fingerprint density at radius 2 is 2.06 bits per heavy atom. The van der Waals surface area contributed by atoms with E-state index in [9.17, 15) is 4.79 Å². The number of amides is 1. The van der Waals surface area contributed by atoms with E-state index in [1.54, 1.807) is 13.2 Å². The van der Waals surface area contributed by atoms with E-state index in [2.05, 4.69) is 22.5 Å². The molecule has 1 aliphatic rings. The molecule has 0 saturated heterocycles. The Morgan fingerprint density at radius 1 is 1.33 bits per heavy atom. The Balaban J connectivity index is 1.99. The molecule has 98 valence electrons. The zero-order valence-electron chi connectivity index (χ0n) is 11.1. The number of carbonyl (C=O) groups excluding carboxylic acids is 1. The molecule has 0 aromatic carbocycles. The van der Waals surface area contributed by atoms with Crippen LogP contribution in [0.4, 0.5) is 5.69 Å². The zero-order valence-corrected chi connectivity index (χ0v) is 11.1. The third-order valence-corrected chi connectivity index (χ3v) is 3.61. The van der Waals surface area contributed by atoms with Crippen LogP contribution >= 0.6 is 0 Å². The molecule has 4 heteroatoms. The number of nitrogens with zero attached hydrogens (tertiary/aromatic N) is 1. The first kappa shape index (κ1) is 12.9. The number of rotatable bonds is 3. The minimum absolute atomic E-state index is 0.143. The van der Waals surface area contributed by atoms with Gasteiger partial charge in [-0.1, -0.05) is 6.92 Å². The van der Waals surface area contributed by atoms with Crippen molar-refractivity contribution in [1.29, 1.82) is 0 Å². The van der Waals surface area contributed by atoms with E-state index in [-0.39, 0.29) is 5.91 Å². The van der Waals surface area contributed by atoms with Crippen molar-refractivity contribution < 1.29 is 4.79 Å². The maximum atomic E-state index is 11.5. The smallest absolute Gasteiger partial charge is 0.269 e. The number of carbonyl (C=O) groups is 1. The Bertz CT molecular complexity index is 411. The van der Waals surface area contributed by atoms with Gasteiger partial charge < -0.3 is 10.6 Å². The number of pyridine rings is 1. The van der Waals surface area contributed by atoms with Crippen molar-refractivity contribution in [3.8, 4) is 0 Å². The molecule has 2 N–H and O–H groups in total. The van der Waals surface area contributed by atoms with Crippen molar-refractivity contribution in [1.82, 2.24) is 10.3 Å². The van der Waals surface area contributed by atoms with E-state index in [1.807, 2.05) is 12.1 Å². The van der Waals surface area contributed by atoms with E-state index in [0.29, 0.717) is 11.7 Å². The summed E-state index contributed by atoms with van der Waals surface area (Å²) >= 11 is 0. The van der Waals surface area contributed by atoms with Gasteiger partial charge in [-0.05, 0) is 43.7 Å². The summed E-state index contributed by atoms with van der Waals surface area (Å²) in [5.74, 6) is 0.706. The van der Waals surface area contributed by atoms with Crippen LogP contribution in [0, 0.1) is 5.92 Å². The summed E-state index contributed by atoms with van der Waals surface area (Å²) in [5.41, 5.74) is 1.45. The van der Waals surface area contributed by atoms with Crippen molar-refractivity contribution >= 4 is 11.6 Å². The molecule has 1 aliphatic carbocycles. The second-order valence-corrected chi connectivity index (χ2v) is 5.11. The van der Waals surface area contributed by atoms with Gasteiger partial charge in [0.2, 0.25) is 0 Å². The minimum Gasteiger partial charge on any atom is -0.382 e. The number of aromatic nitrogens is 1. The Labute approximate surface area is 108 Å². The summed E-state index contributed by atoms with van der Waals surface area (Å²) in [6, 6.07) is 4.27. The predicted octanol–water partition coefficient (Wildman–Crippen LogP) is 2.43.